The summed E-state index contributed by atoms with van der Waals surface area (Å²) in [7, 11) is 0. The Kier molecular flexibility index (Phi) is 3.67. The lowest BCUT2D eigenvalue weighted by Gasteiger charge is -2.15. The molecule has 1 atom stereocenters. The Morgan fingerprint density at radius 2 is 2.11 bits per heavy atom. The fourth-order valence-corrected chi connectivity index (χ4v) is 1.88. The minimum atomic E-state index is 0.0512. The largest absolute Gasteiger partial charge is 0.508 e. The molecule has 0 aliphatic rings. The molecule has 0 radical (unpaired) electrons. The van der Waals surface area contributed by atoms with Crippen LogP contribution in [0.4, 0.5) is 0 Å². The SMILES string of the molecule is Cc1ccc(O)c(C(C)NCc2cc(C)no2)c1. The van der Waals surface area contributed by atoms with E-state index in [0.29, 0.717) is 12.3 Å². The fourth-order valence-electron chi connectivity index (χ4n) is 1.88. The molecule has 2 rings (SSSR count). The van der Waals surface area contributed by atoms with Crippen molar-refractivity contribution in [2.24, 2.45) is 0 Å². The van der Waals surface area contributed by atoms with Crippen LogP contribution in [-0.4, -0.2) is 10.3 Å². The molecule has 0 saturated heterocycles. The summed E-state index contributed by atoms with van der Waals surface area (Å²) in [6, 6.07) is 7.55. The second-order valence-electron chi connectivity index (χ2n) is 4.60. The van der Waals surface area contributed by atoms with Gasteiger partial charge in [-0.3, -0.25) is 0 Å². The first-order valence-electron chi connectivity index (χ1n) is 6.01. The number of aromatic nitrogens is 1. The maximum absolute atomic E-state index is 9.83. The minimum Gasteiger partial charge on any atom is -0.508 e. The zero-order valence-corrected chi connectivity index (χ0v) is 10.9. The minimum absolute atomic E-state index is 0.0512. The van der Waals surface area contributed by atoms with Gasteiger partial charge in [-0.25, -0.2) is 0 Å². The van der Waals surface area contributed by atoms with Gasteiger partial charge < -0.3 is 14.9 Å². The predicted molar refractivity (Wildman–Crippen MR) is 69.3 cm³/mol. The number of phenols is 1. The van der Waals surface area contributed by atoms with Gasteiger partial charge in [0.2, 0.25) is 0 Å². The van der Waals surface area contributed by atoms with Crippen molar-refractivity contribution in [2.75, 3.05) is 0 Å². The molecule has 4 nitrogen and oxygen atoms in total. The molecule has 0 saturated carbocycles. The van der Waals surface area contributed by atoms with E-state index in [4.69, 9.17) is 4.52 Å². The summed E-state index contributed by atoms with van der Waals surface area (Å²) in [4.78, 5) is 0. The highest BCUT2D eigenvalue weighted by atomic mass is 16.5. The molecule has 0 aliphatic carbocycles. The molecule has 1 unspecified atom stereocenters. The smallest absolute Gasteiger partial charge is 0.150 e. The van der Waals surface area contributed by atoms with E-state index in [1.54, 1.807) is 6.07 Å². The molecular formula is C14H18N2O2. The van der Waals surface area contributed by atoms with Gasteiger partial charge in [0.1, 0.15) is 5.75 Å². The third-order valence-electron chi connectivity index (χ3n) is 2.91. The summed E-state index contributed by atoms with van der Waals surface area (Å²) in [5.74, 6) is 1.11. The van der Waals surface area contributed by atoms with Crippen LogP contribution >= 0.6 is 0 Å². The topological polar surface area (TPSA) is 58.3 Å². The normalized spacial score (nSPS) is 12.6. The first kappa shape index (κ1) is 12.6. The van der Waals surface area contributed by atoms with Gasteiger partial charge in [0, 0.05) is 17.7 Å². The Balaban J connectivity index is 2.03. The van der Waals surface area contributed by atoms with Crippen LogP contribution in [-0.2, 0) is 6.54 Å². The van der Waals surface area contributed by atoms with Crippen LogP contribution in [0.25, 0.3) is 0 Å². The fraction of sp³-hybridized carbons (Fsp3) is 0.357. The molecule has 4 heteroatoms. The average Bonchev–Trinajstić information content (AvgIpc) is 2.75. The number of aryl methyl sites for hydroxylation is 2. The van der Waals surface area contributed by atoms with Crippen molar-refractivity contribution in [3.8, 4) is 5.75 Å². The zero-order valence-electron chi connectivity index (χ0n) is 10.9. The van der Waals surface area contributed by atoms with Crippen LogP contribution in [0.2, 0.25) is 0 Å². The molecule has 0 amide bonds. The van der Waals surface area contributed by atoms with Crippen molar-refractivity contribution in [1.82, 2.24) is 10.5 Å². The Labute approximate surface area is 107 Å². The molecule has 96 valence electrons. The van der Waals surface area contributed by atoms with Crippen molar-refractivity contribution in [1.29, 1.82) is 0 Å². The summed E-state index contributed by atoms with van der Waals surface area (Å²) < 4.78 is 5.13. The summed E-state index contributed by atoms with van der Waals surface area (Å²) in [5.41, 5.74) is 2.90. The predicted octanol–water partition coefficient (Wildman–Crippen LogP) is 2.85. The second-order valence-corrected chi connectivity index (χ2v) is 4.60. The molecule has 18 heavy (non-hydrogen) atoms. The summed E-state index contributed by atoms with van der Waals surface area (Å²) in [6.07, 6.45) is 0. The number of rotatable bonds is 4. The number of phenolic OH excluding ortho intramolecular Hbond substituents is 1. The highest BCUT2D eigenvalue weighted by Gasteiger charge is 2.11. The van der Waals surface area contributed by atoms with E-state index >= 15 is 0 Å². The highest BCUT2D eigenvalue weighted by Crippen LogP contribution is 2.25. The van der Waals surface area contributed by atoms with Crippen molar-refractivity contribution < 1.29 is 9.63 Å². The number of hydrogen-bond acceptors (Lipinski definition) is 4. The van der Waals surface area contributed by atoms with Gasteiger partial charge >= 0.3 is 0 Å². The van der Waals surface area contributed by atoms with Crippen molar-refractivity contribution in [3.63, 3.8) is 0 Å². The van der Waals surface area contributed by atoms with Crippen LogP contribution in [0.3, 0.4) is 0 Å². The van der Waals surface area contributed by atoms with Gasteiger partial charge in [-0.1, -0.05) is 22.9 Å². The molecule has 2 aromatic rings. The van der Waals surface area contributed by atoms with E-state index in [1.165, 1.54) is 0 Å². The Bertz CT molecular complexity index is 534. The van der Waals surface area contributed by atoms with E-state index in [2.05, 4.69) is 10.5 Å². The third kappa shape index (κ3) is 2.90. The molecule has 0 fully saturated rings. The molecule has 1 aromatic carbocycles. The van der Waals surface area contributed by atoms with Gasteiger partial charge in [-0.15, -0.1) is 0 Å². The molecule has 2 N–H and O–H groups in total. The third-order valence-corrected chi connectivity index (χ3v) is 2.91. The summed E-state index contributed by atoms with van der Waals surface area (Å²) >= 11 is 0. The number of benzene rings is 1. The van der Waals surface area contributed by atoms with E-state index in [0.717, 1.165) is 22.6 Å². The molecule has 0 bridgehead atoms. The van der Waals surface area contributed by atoms with Crippen LogP contribution in [0, 0.1) is 13.8 Å². The van der Waals surface area contributed by atoms with Crippen LogP contribution in [0.1, 0.15) is 35.5 Å². The van der Waals surface area contributed by atoms with Gasteiger partial charge in [0.05, 0.1) is 12.2 Å². The highest BCUT2D eigenvalue weighted by molar-refractivity contribution is 5.37. The summed E-state index contributed by atoms with van der Waals surface area (Å²) in [5, 5.41) is 17.0. The number of nitrogens with zero attached hydrogens (tertiary/aromatic N) is 1. The van der Waals surface area contributed by atoms with E-state index in [1.807, 2.05) is 39.0 Å². The van der Waals surface area contributed by atoms with Crippen molar-refractivity contribution >= 4 is 0 Å². The second kappa shape index (κ2) is 5.23. The van der Waals surface area contributed by atoms with E-state index < -0.39 is 0 Å². The molecule has 1 heterocycles. The van der Waals surface area contributed by atoms with Crippen LogP contribution in [0.15, 0.2) is 28.8 Å². The molecular weight excluding hydrogens is 228 g/mol. The molecule has 0 spiro atoms. The van der Waals surface area contributed by atoms with Crippen LogP contribution < -0.4 is 5.32 Å². The van der Waals surface area contributed by atoms with Gasteiger partial charge in [0.15, 0.2) is 5.76 Å². The number of hydrogen-bond donors (Lipinski definition) is 2. The van der Waals surface area contributed by atoms with Gasteiger partial charge in [-0.05, 0) is 26.8 Å². The van der Waals surface area contributed by atoms with Crippen molar-refractivity contribution in [3.05, 3.63) is 46.8 Å². The lowest BCUT2D eigenvalue weighted by Crippen LogP contribution is -2.18. The Morgan fingerprint density at radius 1 is 1.33 bits per heavy atom. The maximum Gasteiger partial charge on any atom is 0.150 e. The number of aromatic hydroxyl groups is 1. The van der Waals surface area contributed by atoms with Crippen molar-refractivity contribution in [2.45, 2.75) is 33.4 Å². The number of nitrogens with one attached hydrogen (secondary N) is 1. The Hall–Kier alpha value is -1.81. The Morgan fingerprint density at radius 3 is 2.78 bits per heavy atom. The average molecular weight is 246 g/mol. The summed E-state index contributed by atoms with van der Waals surface area (Å²) in [6.45, 7) is 6.51. The standard InChI is InChI=1S/C14H18N2O2/c1-9-4-5-14(17)13(6-9)11(3)15-8-12-7-10(2)16-18-12/h4-7,11,15,17H,8H2,1-3H3. The first-order chi connectivity index (χ1) is 8.56. The lowest BCUT2D eigenvalue weighted by molar-refractivity contribution is 0.361. The lowest BCUT2D eigenvalue weighted by atomic mass is 10.0. The van der Waals surface area contributed by atoms with E-state index in [9.17, 15) is 5.11 Å². The molecule has 0 aliphatic heterocycles. The van der Waals surface area contributed by atoms with Gasteiger partial charge in [-0.2, -0.15) is 0 Å². The quantitative estimate of drug-likeness (QED) is 0.871. The van der Waals surface area contributed by atoms with Gasteiger partial charge in [0.25, 0.3) is 0 Å². The maximum atomic E-state index is 9.83. The zero-order chi connectivity index (χ0) is 13.1. The van der Waals surface area contributed by atoms with E-state index in [-0.39, 0.29) is 6.04 Å². The van der Waals surface area contributed by atoms with Crippen LogP contribution in [0.5, 0.6) is 5.75 Å². The molecule has 1 aromatic heterocycles. The first-order valence-corrected chi connectivity index (χ1v) is 6.01. The monoisotopic (exact) mass is 246 g/mol.